The molecule has 2 spiro atoms. The van der Waals surface area contributed by atoms with Crippen molar-refractivity contribution in [3.8, 4) is 5.75 Å². The van der Waals surface area contributed by atoms with Gasteiger partial charge >= 0.3 is 0 Å². The van der Waals surface area contributed by atoms with E-state index < -0.39 is 11.2 Å². The molecule has 1 atom stereocenters. The number of amides is 2. The van der Waals surface area contributed by atoms with Crippen LogP contribution < -0.4 is 10.6 Å². The molecule has 2 aliphatic heterocycles. The maximum atomic E-state index is 13.2. The van der Waals surface area contributed by atoms with Gasteiger partial charge in [-0.15, -0.1) is 6.58 Å². The molecule has 3 N–H and O–H groups in total. The Morgan fingerprint density at radius 2 is 2.00 bits per heavy atom. The molecule has 2 heterocycles. The summed E-state index contributed by atoms with van der Waals surface area (Å²) in [4.78, 5) is 27.8. The highest BCUT2D eigenvalue weighted by Gasteiger charge is 2.65. The van der Waals surface area contributed by atoms with Gasteiger partial charge in [0.25, 0.3) is 5.91 Å². The summed E-state index contributed by atoms with van der Waals surface area (Å²) < 4.78 is 0. The molecule has 1 aliphatic carbocycles. The lowest BCUT2D eigenvalue weighted by Gasteiger charge is -2.33. The van der Waals surface area contributed by atoms with E-state index in [4.69, 9.17) is 0 Å². The summed E-state index contributed by atoms with van der Waals surface area (Å²) in [5.41, 5.74) is -0.672. The Kier molecular flexibility index (Phi) is 3.22. The maximum Gasteiger partial charge on any atom is 0.270 e. The van der Waals surface area contributed by atoms with Crippen molar-refractivity contribution in [2.75, 3.05) is 11.9 Å². The van der Waals surface area contributed by atoms with Crippen LogP contribution in [-0.2, 0) is 15.3 Å². The van der Waals surface area contributed by atoms with Crippen LogP contribution >= 0.6 is 0 Å². The van der Waals surface area contributed by atoms with Gasteiger partial charge in [0, 0.05) is 18.2 Å². The molecule has 3 aliphatic rings. The van der Waals surface area contributed by atoms with Gasteiger partial charge in [-0.2, -0.15) is 0 Å². The lowest BCUT2D eigenvalue weighted by molar-refractivity contribution is -0.140. The number of carbonyl (C=O) groups excluding carboxylic acids is 2. The zero-order chi connectivity index (χ0) is 16.9. The van der Waals surface area contributed by atoms with Gasteiger partial charge in [-0.05, 0) is 25.0 Å². The van der Waals surface area contributed by atoms with Crippen LogP contribution in [0.2, 0.25) is 0 Å². The van der Waals surface area contributed by atoms with Gasteiger partial charge in [0.05, 0.1) is 5.69 Å². The van der Waals surface area contributed by atoms with E-state index in [2.05, 4.69) is 17.2 Å². The molecule has 0 aromatic heterocycles. The van der Waals surface area contributed by atoms with E-state index in [0.717, 1.165) is 32.1 Å². The first-order valence-corrected chi connectivity index (χ1v) is 8.41. The third-order valence-electron chi connectivity index (χ3n) is 5.47. The molecule has 1 aromatic carbocycles. The number of nitrogens with zero attached hydrogens (tertiary/aromatic N) is 1. The summed E-state index contributed by atoms with van der Waals surface area (Å²) >= 11 is 0. The quantitative estimate of drug-likeness (QED) is 0.724. The first-order chi connectivity index (χ1) is 11.5. The first-order valence-electron chi connectivity index (χ1n) is 8.41. The fraction of sp³-hybridized carbons (Fsp3) is 0.444. The smallest absolute Gasteiger partial charge is 0.270 e. The van der Waals surface area contributed by atoms with Crippen LogP contribution in [0.4, 0.5) is 5.69 Å². The van der Waals surface area contributed by atoms with Crippen LogP contribution in [-0.4, -0.2) is 33.9 Å². The number of rotatable bonds is 2. The Morgan fingerprint density at radius 3 is 2.71 bits per heavy atom. The topological polar surface area (TPSA) is 81.7 Å². The summed E-state index contributed by atoms with van der Waals surface area (Å²) in [6, 6.07) is 4.78. The van der Waals surface area contributed by atoms with E-state index in [-0.39, 0.29) is 17.6 Å². The Morgan fingerprint density at radius 1 is 1.25 bits per heavy atom. The third-order valence-corrected chi connectivity index (χ3v) is 5.47. The number of hydrogen-bond donors (Lipinski definition) is 3. The maximum absolute atomic E-state index is 13.2. The van der Waals surface area contributed by atoms with Crippen molar-refractivity contribution in [1.29, 1.82) is 0 Å². The number of aromatic hydroxyl groups is 1. The molecule has 1 saturated heterocycles. The molecule has 2 fully saturated rings. The van der Waals surface area contributed by atoms with Crippen LogP contribution in [0.1, 0.15) is 37.7 Å². The Labute approximate surface area is 140 Å². The van der Waals surface area contributed by atoms with Crippen molar-refractivity contribution in [3.63, 3.8) is 0 Å². The fourth-order valence-corrected chi connectivity index (χ4v) is 4.40. The van der Waals surface area contributed by atoms with E-state index >= 15 is 0 Å². The number of fused-ring (bicyclic) bond motifs is 2. The molecular weight excluding hydrogens is 306 g/mol. The number of phenols is 1. The molecule has 6 nitrogen and oxygen atoms in total. The lowest BCUT2D eigenvalue weighted by atomic mass is 9.81. The largest absolute Gasteiger partial charge is 0.508 e. The highest BCUT2D eigenvalue weighted by Crippen LogP contribution is 2.48. The number of nitrogens with one attached hydrogen (secondary N) is 2. The van der Waals surface area contributed by atoms with E-state index in [0.29, 0.717) is 17.8 Å². The van der Waals surface area contributed by atoms with Gasteiger partial charge in [-0.3, -0.25) is 14.9 Å². The highest BCUT2D eigenvalue weighted by atomic mass is 16.3. The predicted molar refractivity (Wildman–Crippen MR) is 89.3 cm³/mol. The second kappa shape index (κ2) is 5.08. The average molecular weight is 327 g/mol. The standard InChI is InChI=1S/C18H21N3O3/c1-2-10-21-16(24)17(8-4-3-5-9-17)20-18(21)13-7-6-12(22)11-14(13)19-15(18)23/h2,6-7,11,20,22H,1,3-5,8-10H2,(H,19,23)/t18-/m0/s1. The van der Waals surface area contributed by atoms with Gasteiger partial charge in [0.2, 0.25) is 11.6 Å². The Hall–Kier alpha value is -2.34. The van der Waals surface area contributed by atoms with Crippen LogP contribution in [0.15, 0.2) is 30.9 Å². The minimum Gasteiger partial charge on any atom is -0.508 e. The summed E-state index contributed by atoms with van der Waals surface area (Å²) in [6.45, 7) is 4.04. The van der Waals surface area contributed by atoms with Crippen molar-refractivity contribution in [2.45, 2.75) is 43.3 Å². The number of benzene rings is 1. The molecule has 4 rings (SSSR count). The molecule has 0 unspecified atom stereocenters. The van der Waals surface area contributed by atoms with Crippen molar-refractivity contribution < 1.29 is 14.7 Å². The fourth-order valence-electron chi connectivity index (χ4n) is 4.40. The van der Waals surface area contributed by atoms with E-state index in [9.17, 15) is 14.7 Å². The molecule has 0 bridgehead atoms. The second-order valence-corrected chi connectivity index (χ2v) is 6.87. The zero-order valence-electron chi connectivity index (χ0n) is 13.5. The predicted octanol–water partition coefficient (Wildman–Crippen LogP) is 1.82. The summed E-state index contributed by atoms with van der Waals surface area (Å²) in [7, 11) is 0. The van der Waals surface area contributed by atoms with Crippen molar-refractivity contribution in [1.82, 2.24) is 10.2 Å². The third kappa shape index (κ3) is 1.80. The molecule has 0 radical (unpaired) electrons. The molecule has 2 amide bonds. The van der Waals surface area contributed by atoms with Gasteiger partial charge < -0.3 is 15.3 Å². The number of anilines is 1. The van der Waals surface area contributed by atoms with E-state index in [1.54, 1.807) is 23.1 Å². The minimum absolute atomic E-state index is 0.0295. The first kappa shape index (κ1) is 15.2. The second-order valence-electron chi connectivity index (χ2n) is 6.87. The van der Waals surface area contributed by atoms with Gasteiger partial charge in [0.15, 0.2) is 0 Å². The zero-order valence-corrected chi connectivity index (χ0v) is 13.5. The molecule has 1 aromatic rings. The van der Waals surface area contributed by atoms with Gasteiger partial charge in [-0.1, -0.05) is 25.3 Å². The SMILES string of the molecule is C=CCN1C(=O)C2(CCCCC2)N[C@]12C(=O)Nc1cc(O)ccc12. The van der Waals surface area contributed by atoms with E-state index in [1.807, 2.05) is 0 Å². The van der Waals surface area contributed by atoms with Crippen molar-refractivity contribution in [3.05, 3.63) is 36.4 Å². The summed E-state index contributed by atoms with van der Waals surface area (Å²) in [5.74, 6) is -0.225. The van der Waals surface area contributed by atoms with Crippen LogP contribution in [0, 0.1) is 0 Å². The van der Waals surface area contributed by atoms with Crippen LogP contribution in [0.3, 0.4) is 0 Å². The molecule has 24 heavy (non-hydrogen) atoms. The number of phenolic OH excluding ortho intramolecular Hbond substituents is 1. The van der Waals surface area contributed by atoms with Crippen LogP contribution in [0.5, 0.6) is 5.75 Å². The average Bonchev–Trinajstić information content (AvgIpc) is 2.96. The van der Waals surface area contributed by atoms with E-state index in [1.165, 1.54) is 6.07 Å². The molecule has 126 valence electrons. The molecule has 6 heteroatoms. The molecule has 1 saturated carbocycles. The highest BCUT2D eigenvalue weighted by molar-refractivity contribution is 6.10. The number of carbonyl (C=O) groups is 2. The van der Waals surface area contributed by atoms with Crippen LogP contribution in [0.25, 0.3) is 0 Å². The van der Waals surface area contributed by atoms with Gasteiger partial charge in [-0.25, -0.2) is 0 Å². The normalized spacial score (nSPS) is 27.6. The lowest BCUT2D eigenvalue weighted by Crippen LogP contribution is -2.57. The van der Waals surface area contributed by atoms with Gasteiger partial charge in [0.1, 0.15) is 11.3 Å². The Bertz CT molecular complexity index is 739. The van der Waals surface area contributed by atoms with Crippen molar-refractivity contribution in [2.24, 2.45) is 0 Å². The monoisotopic (exact) mass is 327 g/mol. The van der Waals surface area contributed by atoms with Crippen molar-refractivity contribution >= 4 is 17.5 Å². The summed E-state index contributed by atoms with van der Waals surface area (Å²) in [6.07, 6.45) is 6.18. The Balaban J connectivity index is 1.88. The number of hydrogen-bond acceptors (Lipinski definition) is 4. The minimum atomic E-state index is -1.22. The summed E-state index contributed by atoms with van der Waals surface area (Å²) in [5, 5.41) is 15.9. The molecular formula is C18H21N3O3.